The summed E-state index contributed by atoms with van der Waals surface area (Å²) in [6.45, 7) is 9.98. The molecule has 0 aromatic heterocycles. The van der Waals surface area contributed by atoms with Gasteiger partial charge in [0.2, 0.25) is 0 Å². The molecular formula is C29H38N2O3. The predicted octanol–water partition coefficient (Wildman–Crippen LogP) is 4.73. The van der Waals surface area contributed by atoms with Crippen LogP contribution in [-0.4, -0.2) is 54.8 Å². The Bertz CT molecular complexity index is 942. The number of hydrogen-bond acceptors (Lipinski definition) is 5. The summed E-state index contributed by atoms with van der Waals surface area (Å²) in [4.78, 5) is 27.5. The first-order valence-corrected chi connectivity index (χ1v) is 12.3. The van der Waals surface area contributed by atoms with Crippen LogP contribution in [0.3, 0.4) is 0 Å². The van der Waals surface area contributed by atoms with Gasteiger partial charge in [-0.25, -0.2) is 4.79 Å². The summed E-state index contributed by atoms with van der Waals surface area (Å²) in [6.07, 6.45) is 3.32. The van der Waals surface area contributed by atoms with E-state index >= 15 is 0 Å². The number of nitrogens with zero attached hydrogens (tertiary/aromatic N) is 2. The van der Waals surface area contributed by atoms with E-state index in [-0.39, 0.29) is 11.9 Å². The number of ketones is 1. The lowest BCUT2D eigenvalue weighted by Crippen LogP contribution is -2.38. The smallest absolute Gasteiger partial charge is 0.330 e. The van der Waals surface area contributed by atoms with Gasteiger partial charge < -0.3 is 4.74 Å². The molecule has 182 valence electrons. The van der Waals surface area contributed by atoms with Crippen molar-refractivity contribution in [3.63, 3.8) is 0 Å². The van der Waals surface area contributed by atoms with Gasteiger partial charge in [-0.05, 0) is 23.5 Å². The largest absolute Gasteiger partial charge is 0.466 e. The van der Waals surface area contributed by atoms with Gasteiger partial charge in [0.15, 0.2) is 0 Å². The molecule has 5 nitrogen and oxygen atoms in total. The maximum atomic E-state index is 11.4. The van der Waals surface area contributed by atoms with Gasteiger partial charge in [0.25, 0.3) is 0 Å². The lowest BCUT2D eigenvalue weighted by atomic mass is 9.92. The number of hydrogen-bond donors (Lipinski definition) is 0. The molecule has 5 heteroatoms. The van der Waals surface area contributed by atoms with E-state index in [0.29, 0.717) is 18.1 Å². The number of carbonyl (C=O) groups excluding carboxylic acids is 2. The van der Waals surface area contributed by atoms with Crippen molar-refractivity contribution < 1.29 is 14.3 Å². The minimum atomic E-state index is -0.238. The average molecular weight is 463 g/mol. The zero-order chi connectivity index (χ0) is 24.3. The van der Waals surface area contributed by atoms with Crippen LogP contribution in [0, 0.1) is 11.8 Å². The molecule has 0 aliphatic carbocycles. The first-order valence-electron chi connectivity index (χ1n) is 12.3. The summed E-state index contributed by atoms with van der Waals surface area (Å²) in [5.41, 5.74) is 3.88. The summed E-state index contributed by atoms with van der Waals surface area (Å²) in [7, 11) is 1.43. The number of Topliss-reactive ketones (excluding diaryl/α,β-unsaturated/α-hetero) is 1. The topological polar surface area (TPSA) is 49.9 Å². The van der Waals surface area contributed by atoms with Gasteiger partial charge in [0.05, 0.1) is 7.11 Å². The molecule has 0 saturated carbocycles. The third kappa shape index (κ3) is 8.23. The van der Waals surface area contributed by atoms with Gasteiger partial charge in [0.1, 0.15) is 5.78 Å². The third-order valence-corrected chi connectivity index (χ3v) is 6.64. The van der Waals surface area contributed by atoms with E-state index in [1.165, 1.54) is 23.8 Å². The Morgan fingerprint density at radius 2 is 1.35 bits per heavy atom. The Labute approximate surface area is 204 Å². The lowest BCUT2D eigenvalue weighted by Gasteiger charge is -2.32. The van der Waals surface area contributed by atoms with Crippen molar-refractivity contribution in [1.82, 2.24) is 9.80 Å². The second-order valence-corrected chi connectivity index (χ2v) is 9.45. The Hall–Kier alpha value is -2.76. The standard InChI is InChI=1S/C16H21NO2.C13H17NO/c1-13-11-17(12-14-6-4-3-5-7-14)9-8-15(13)10-16(18)19-2;1-11-9-14(8-7-13(11)15)10-12-5-3-2-4-6-12/h3-7,10,13H,8-9,11-12H2,1-2H3;2-6,11H,7-10H2,1H3/b15-10-;. The van der Waals surface area contributed by atoms with Gasteiger partial charge in [0, 0.05) is 57.7 Å². The fourth-order valence-electron chi connectivity index (χ4n) is 4.62. The highest BCUT2D eigenvalue weighted by atomic mass is 16.5. The molecule has 2 unspecified atom stereocenters. The van der Waals surface area contributed by atoms with E-state index in [1.54, 1.807) is 6.08 Å². The maximum absolute atomic E-state index is 11.4. The van der Waals surface area contributed by atoms with Crippen molar-refractivity contribution in [2.75, 3.05) is 33.3 Å². The molecule has 2 atom stereocenters. The molecule has 0 radical (unpaired) electrons. The normalized spacial score (nSPS) is 22.7. The summed E-state index contributed by atoms with van der Waals surface area (Å²) in [5.74, 6) is 0.802. The number of methoxy groups -OCH3 is 1. The molecule has 0 spiro atoms. The number of piperidine rings is 2. The highest BCUT2D eigenvalue weighted by Crippen LogP contribution is 2.23. The van der Waals surface area contributed by atoms with E-state index in [4.69, 9.17) is 4.74 Å². The quantitative estimate of drug-likeness (QED) is 0.475. The van der Waals surface area contributed by atoms with Crippen molar-refractivity contribution in [1.29, 1.82) is 0 Å². The SMILES string of the molecule is CC1CN(Cc2ccccc2)CCC1=O.COC(=O)/C=C1/CCN(Cc2ccccc2)CC1C. The molecule has 2 aliphatic rings. The van der Waals surface area contributed by atoms with Gasteiger partial charge in [-0.3, -0.25) is 14.6 Å². The molecule has 2 saturated heterocycles. The van der Waals surface area contributed by atoms with Crippen LogP contribution < -0.4 is 0 Å². The number of rotatable bonds is 5. The van der Waals surface area contributed by atoms with Crippen molar-refractivity contribution in [3.05, 3.63) is 83.4 Å². The molecule has 0 bridgehead atoms. The first-order chi connectivity index (χ1) is 16.4. The Morgan fingerprint density at radius 3 is 1.82 bits per heavy atom. The lowest BCUT2D eigenvalue weighted by molar-refractivity contribution is -0.135. The van der Waals surface area contributed by atoms with E-state index < -0.39 is 0 Å². The minimum Gasteiger partial charge on any atom is -0.466 e. The van der Waals surface area contributed by atoms with E-state index in [0.717, 1.165) is 45.7 Å². The van der Waals surface area contributed by atoms with Crippen molar-refractivity contribution in [2.45, 2.75) is 39.8 Å². The summed E-state index contributed by atoms with van der Waals surface area (Å²) >= 11 is 0. The number of carbonyl (C=O) groups is 2. The molecular weight excluding hydrogens is 424 g/mol. The third-order valence-electron chi connectivity index (χ3n) is 6.64. The molecule has 4 rings (SSSR count). The Kier molecular flexibility index (Phi) is 10.0. The number of esters is 1. The molecule has 2 aliphatic heterocycles. The Balaban J connectivity index is 0.000000196. The molecule has 0 amide bonds. The average Bonchev–Trinajstić information content (AvgIpc) is 2.85. The highest BCUT2D eigenvalue weighted by molar-refractivity contribution is 5.82. The zero-order valence-electron chi connectivity index (χ0n) is 20.8. The van der Waals surface area contributed by atoms with Crippen LogP contribution in [0.5, 0.6) is 0 Å². The van der Waals surface area contributed by atoms with Crippen molar-refractivity contribution in [3.8, 4) is 0 Å². The second-order valence-electron chi connectivity index (χ2n) is 9.45. The fourth-order valence-corrected chi connectivity index (χ4v) is 4.62. The van der Waals surface area contributed by atoms with Crippen LogP contribution in [0.4, 0.5) is 0 Å². The minimum absolute atomic E-state index is 0.211. The van der Waals surface area contributed by atoms with Crippen LogP contribution in [-0.2, 0) is 27.4 Å². The van der Waals surface area contributed by atoms with E-state index in [1.807, 2.05) is 19.1 Å². The fraction of sp³-hybridized carbons (Fsp3) is 0.448. The maximum Gasteiger partial charge on any atom is 0.330 e. The predicted molar refractivity (Wildman–Crippen MR) is 136 cm³/mol. The molecule has 2 aromatic carbocycles. The molecule has 0 N–H and O–H groups in total. The van der Waals surface area contributed by atoms with Crippen molar-refractivity contribution in [2.24, 2.45) is 11.8 Å². The molecule has 2 aromatic rings. The molecule has 34 heavy (non-hydrogen) atoms. The van der Waals surface area contributed by atoms with Crippen LogP contribution in [0.15, 0.2) is 72.3 Å². The van der Waals surface area contributed by atoms with Gasteiger partial charge in [-0.2, -0.15) is 0 Å². The van der Waals surface area contributed by atoms with Crippen molar-refractivity contribution >= 4 is 11.8 Å². The van der Waals surface area contributed by atoms with Crippen LogP contribution in [0.2, 0.25) is 0 Å². The summed E-state index contributed by atoms with van der Waals surface area (Å²) < 4.78 is 4.69. The van der Waals surface area contributed by atoms with Gasteiger partial charge in [-0.15, -0.1) is 0 Å². The molecule has 2 fully saturated rings. The van der Waals surface area contributed by atoms with E-state index in [9.17, 15) is 9.59 Å². The Morgan fingerprint density at radius 1 is 0.853 bits per heavy atom. The number of benzene rings is 2. The van der Waals surface area contributed by atoms with Gasteiger partial charge >= 0.3 is 5.97 Å². The summed E-state index contributed by atoms with van der Waals surface area (Å²) in [5, 5.41) is 0. The number of ether oxygens (including phenoxy) is 1. The zero-order valence-corrected chi connectivity index (χ0v) is 20.8. The van der Waals surface area contributed by atoms with Gasteiger partial charge in [-0.1, -0.05) is 80.1 Å². The first kappa shape index (κ1) is 25.9. The summed E-state index contributed by atoms with van der Waals surface area (Å²) in [6, 6.07) is 20.9. The van der Waals surface area contributed by atoms with Crippen LogP contribution in [0.1, 0.15) is 37.8 Å². The highest BCUT2D eigenvalue weighted by Gasteiger charge is 2.23. The van der Waals surface area contributed by atoms with E-state index in [2.05, 4.69) is 65.3 Å². The monoisotopic (exact) mass is 462 g/mol. The van der Waals surface area contributed by atoms with Crippen LogP contribution in [0.25, 0.3) is 0 Å². The second kappa shape index (κ2) is 13.2. The molecule has 2 heterocycles. The van der Waals surface area contributed by atoms with Crippen LogP contribution >= 0.6 is 0 Å². The number of likely N-dealkylation sites (tertiary alicyclic amines) is 2.